The lowest BCUT2D eigenvalue weighted by Gasteiger charge is -2.02. The highest BCUT2D eigenvalue weighted by atomic mass is 35.5. The summed E-state index contributed by atoms with van der Waals surface area (Å²) in [4.78, 5) is 5.20. The minimum atomic E-state index is -3.50. The molecule has 3 aromatic rings. The quantitative estimate of drug-likeness (QED) is 0.706. The summed E-state index contributed by atoms with van der Waals surface area (Å²) in [7, 11) is -3.50. The van der Waals surface area contributed by atoms with Gasteiger partial charge >= 0.3 is 0 Å². The summed E-state index contributed by atoms with van der Waals surface area (Å²) in [6, 6.07) is 10.4. The normalized spacial score (nSPS) is 11.8. The molecule has 0 aliphatic carbocycles. The average Bonchev–Trinajstić information content (AvgIpc) is 3.17. The largest absolute Gasteiger partial charge is 0.339 e. The van der Waals surface area contributed by atoms with Gasteiger partial charge in [0.05, 0.1) is 0 Å². The van der Waals surface area contributed by atoms with Gasteiger partial charge in [0, 0.05) is 28.4 Å². The minimum Gasteiger partial charge on any atom is -0.339 e. The summed E-state index contributed by atoms with van der Waals surface area (Å²) in [6.07, 6.45) is 0.310. The van der Waals surface area contributed by atoms with Crippen LogP contribution >= 0.6 is 22.9 Å². The molecular formula is C15H14ClN3O3S2. The van der Waals surface area contributed by atoms with Crippen molar-refractivity contribution in [2.45, 2.75) is 17.6 Å². The third-order valence-corrected chi connectivity index (χ3v) is 6.39. The van der Waals surface area contributed by atoms with Crippen LogP contribution in [0.1, 0.15) is 10.8 Å². The van der Waals surface area contributed by atoms with Crippen molar-refractivity contribution in [2.24, 2.45) is 0 Å². The van der Waals surface area contributed by atoms with E-state index >= 15 is 0 Å². The molecule has 0 saturated heterocycles. The van der Waals surface area contributed by atoms with Crippen molar-refractivity contribution in [1.29, 1.82) is 0 Å². The van der Waals surface area contributed by atoms with Crippen LogP contribution in [0.5, 0.6) is 0 Å². The maximum Gasteiger partial charge on any atom is 0.250 e. The second-order valence-electron chi connectivity index (χ2n) is 5.03. The smallest absolute Gasteiger partial charge is 0.250 e. The topological polar surface area (TPSA) is 85.1 Å². The number of nitrogens with zero attached hydrogens (tertiary/aromatic N) is 2. The van der Waals surface area contributed by atoms with E-state index < -0.39 is 10.0 Å². The first-order valence-corrected chi connectivity index (χ1v) is 9.76. The Labute approximate surface area is 148 Å². The Morgan fingerprint density at radius 3 is 2.62 bits per heavy atom. The van der Waals surface area contributed by atoms with Crippen molar-refractivity contribution in [3.05, 3.63) is 52.2 Å². The van der Waals surface area contributed by atoms with Gasteiger partial charge in [-0.25, -0.2) is 13.1 Å². The molecule has 2 aromatic heterocycles. The van der Waals surface area contributed by atoms with Crippen LogP contribution in [0.15, 0.2) is 45.1 Å². The van der Waals surface area contributed by atoms with E-state index in [1.54, 1.807) is 36.4 Å². The predicted octanol–water partition coefficient (Wildman–Crippen LogP) is 3.28. The Morgan fingerprint density at radius 2 is 1.96 bits per heavy atom. The predicted molar refractivity (Wildman–Crippen MR) is 92.7 cm³/mol. The summed E-state index contributed by atoms with van der Waals surface area (Å²) in [5.41, 5.74) is 0.782. The van der Waals surface area contributed by atoms with E-state index in [1.807, 2.05) is 6.92 Å². The highest BCUT2D eigenvalue weighted by Gasteiger charge is 2.16. The maximum atomic E-state index is 12.1. The molecule has 1 N–H and O–H groups in total. The van der Waals surface area contributed by atoms with Crippen molar-refractivity contribution < 1.29 is 12.9 Å². The lowest BCUT2D eigenvalue weighted by atomic mass is 10.2. The number of halogens is 1. The van der Waals surface area contributed by atoms with Crippen LogP contribution < -0.4 is 4.72 Å². The maximum absolute atomic E-state index is 12.1. The van der Waals surface area contributed by atoms with E-state index in [0.29, 0.717) is 27.4 Å². The molecule has 0 amide bonds. The van der Waals surface area contributed by atoms with Gasteiger partial charge in [0.1, 0.15) is 4.21 Å². The zero-order valence-corrected chi connectivity index (χ0v) is 15.1. The SMILES string of the molecule is Cc1ccc(S(=O)(=O)NCCc2nc(-c3ccc(Cl)cc3)no2)s1. The Bertz CT molecular complexity index is 933. The standard InChI is InChI=1S/C15H14ClN3O3S2/c1-10-2-7-14(23-10)24(20,21)17-9-8-13-18-15(19-22-13)11-3-5-12(16)6-4-11/h2-7,17H,8-9H2,1H3. The van der Waals surface area contributed by atoms with E-state index in [-0.39, 0.29) is 6.54 Å². The monoisotopic (exact) mass is 383 g/mol. The minimum absolute atomic E-state index is 0.182. The summed E-state index contributed by atoms with van der Waals surface area (Å²) < 4.78 is 32.2. The molecule has 24 heavy (non-hydrogen) atoms. The van der Waals surface area contributed by atoms with Gasteiger partial charge in [-0.3, -0.25) is 0 Å². The third kappa shape index (κ3) is 4.02. The van der Waals surface area contributed by atoms with Gasteiger partial charge in [0.15, 0.2) is 0 Å². The summed E-state index contributed by atoms with van der Waals surface area (Å²) in [5.74, 6) is 0.809. The number of thiophene rings is 1. The first-order chi connectivity index (χ1) is 11.4. The molecule has 0 spiro atoms. The number of rotatable bonds is 6. The molecule has 6 nitrogen and oxygen atoms in total. The lowest BCUT2D eigenvalue weighted by Crippen LogP contribution is -2.25. The van der Waals surface area contributed by atoms with Crippen LogP contribution in [0.25, 0.3) is 11.4 Å². The summed E-state index contributed by atoms with van der Waals surface area (Å²) >= 11 is 7.07. The fourth-order valence-corrected chi connectivity index (χ4v) is 4.48. The van der Waals surface area contributed by atoms with Crippen LogP contribution in [0.2, 0.25) is 5.02 Å². The molecule has 0 bridgehead atoms. The molecule has 9 heteroatoms. The third-order valence-electron chi connectivity index (χ3n) is 3.18. The molecule has 2 heterocycles. The number of hydrogen-bond donors (Lipinski definition) is 1. The van der Waals surface area contributed by atoms with Crippen molar-refractivity contribution in [1.82, 2.24) is 14.9 Å². The van der Waals surface area contributed by atoms with E-state index in [0.717, 1.165) is 10.4 Å². The number of benzene rings is 1. The fraction of sp³-hybridized carbons (Fsp3) is 0.200. The van der Waals surface area contributed by atoms with E-state index in [1.165, 1.54) is 11.3 Å². The van der Waals surface area contributed by atoms with Gasteiger partial charge in [0.2, 0.25) is 21.7 Å². The molecule has 0 saturated carbocycles. The van der Waals surface area contributed by atoms with Crippen LogP contribution in [-0.4, -0.2) is 25.1 Å². The van der Waals surface area contributed by atoms with Gasteiger partial charge in [-0.1, -0.05) is 16.8 Å². The first-order valence-electron chi connectivity index (χ1n) is 7.09. The first kappa shape index (κ1) is 17.1. The van der Waals surface area contributed by atoms with Crippen LogP contribution in [-0.2, 0) is 16.4 Å². The summed E-state index contributed by atoms with van der Waals surface area (Å²) in [5, 5.41) is 4.51. The van der Waals surface area contributed by atoms with Crippen LogP contribution in [0.4, 0.5) is 0 Å². The molecule has 0 atom stereocenters. The van der Waals surface area contributed by atoms with Gasteiger partial charge in [-0.2, -0.15) is 4.98 Å². The van der Waals surface area contributed by atoms with Crippen LogP contribution in [0.3, 0.4) is 0 Å². The van der Waals surface area contributed by atoms with E-state index in [4.69, 9.17) is 16.1 Å². The molecule has 1 aromatic carbocycles. The summed E-state index contributed by atoms with van der Waals surface area (Å²) in [6.45, 7) is 2.04. The number of hydrogen-bond acceptors (Lipinski definition) is 6. The molecule has 0 fully saturated rings. The highest BCUT2D eigenvalue weighted by Crippen LogP contribution is 2.21. The molecular weight excluding hydrogens is 370 g/mol. The van der Waals surface area contributed by atoms with Gasteiger partial charge < -0.3 is 4.52 Å². The van der Waals surface area contributed by atoms with Crippen molar-refractivity contribution >= 4 is 33.0 Å². The van der Waals surface area contributed by atoms with E-state index in [2.05, 4.69) is 14.9 Å². The molecule has 126 valence electrons. The van der Waals surface area contributed by atoms with Crippen molar-refractivity contribution in [3.8, 4) is 11.4 Å². The molecule has 3 rings (SSSR count). The molecule has 0 aliphatic rings. The van der Waals surface area contributed by atoms with Crippen LogP contribution in [0, 0.1) is 6.92 Å². The van der Waals surface area contributed by atoms with Crippen molar-refractivity contribution in [3.63, 3.8) is 0 Å². The van der Waals surface area contributed by atoms with E-state index in [9.17, 15) is 8.42 Å². The molecule has 0 radical (unpaired) electrons. The number of sulfonamides is 1. The number of aryl methyl sites for hydroxylation is 1. The van der Waals surface area contributed by atoms with Gasteiger partial charge in [-0.15, -0.1) is 11.3 Å². The number of aromatic nitrogens is 2. The zero-order chi connectivity index (χ0) is 17.2. The second-order valence-corrected chi connectivity index (χ2v) is 8.75. The Hall–Kier alpha value is -1.74. The zero-order valence-electron chi connectivity index (χ0n) is 12.7. The Morgan fingerprint density at radius 1 is 1.21 bits per heavy atom. The second kappa shape index (κ2) is 7.02. The fourth-order valence-electron chi connectivity index (χ4n) is 1.99. The number of nitrogens with one attached hydrogen (secondary N) is 1. The molecule has 0 unspecified atom stereocenters. The Balaban J connectivity index is 1.61. The lowest BCUT2D eigenvalue weighted by molar-refractivity contribution is 0.379. The van der Waals surface area contributed by atoms with Gasteiger partial charge in [-0.05, 0) is 43.3 Å². The van der Waals surface area contributed by atoms with Crippen molar-refractivity contribution in [2.75, 3.05) is 6.54 Å². The highest BCUT2D eigenvalue weighted by molar-refractivity contribution is 7.91. The van der Waals surface area contributed by atoms with Gasteiger partial charge in [0.25, 0.3) is 0 Å². The Kier molecular flexibility index (Phi) is 5.00. The average molecular weight is 384 g/mol. The molecule has 0 aliphatic heterocycles.